The van der Waals surface area contributed by atoms with Gasteiger partial charge in [-0.15, -0.1) is 0 Å². The third-order valence-corrected chi connectivity index (χ3v) is 12.0. The summed E-state index contributed by atoms with van der Waals surface area (Å²) < 4.78 is 10.9. The zero-order chi connectivity index (χ0) is 37.5. The van der Waals surface area contributed by atoms with Crippen molar-refractivity contribution >= 4 is 60.7 Å². The van der Waals surface area contributed by atoms with Gasteiger partial charge in [0, 0.05) is 44.0 Å². The van der Waals surface area contributed by atoms with Gasteiger partial charge in [-0.2, -0.15) is 0 Å². The Morgan fingerprint density at radius 2 is 0.895 bits per heavy atom. The highest BCUT2D eigenvalue weighted by Gasteiger charge is 2.20. The maximum absolute atomic E-state index is 6.10. The van der Waals surface area contributed by atoms with E-state index in [-0.39, 0.29) is 0 Å². The maximum atomic E-state index is 6.10. The molecule has 0 saturated heterocycles. The molecule has 0 radical (unpaired) electrons. The van der Waals surface area contributed by atoms with E-state index in [1.807, 2.05) is 12.1 Å². The number of hydrogen-bond acceptors (Lipinski definition) is 1. The van der Waals surface area contributed by atoms with Crippen molar-refractivity contribution < 1.29 is 4.42 Å². The first-order chi connectivity index (χ1) is 28.2. The zero-order valence-corrected chi connectivity index (χ0v) is 31.2. The number of furan rings is 1. The van der Waals surface area contributed by atoms with Gasteiger partial charge in [-0.25, -0.2) is 0 Å². The fourth-order valence-corrected chi connectivity index (χ4v) is 9.27. The lowest BCUT2D eigenvalue weighted by Crippen LogP contribution is -2.00. The van der Waals surface area contributed by atoms with Crippen molar-refractivity contribution in [3.8, 4) is 44.8 Å². The van der Waals surface area contributed by atoms with Crippen molar-refractivity contribution in [2.45, 2.75) is 12.8 Å². The first kappa shape index (κ1) is 31.9. The SMILES string of the molecule is C1=Cc2c(c3cc(-c4ccc5c(c4)c4ccccc4n5-c4ccc(-c5ccc6oc7ccccc7c6c5)cc4)ccc3n2-c2ccc(-c3ccccc3)cc2)CC1. The first-order valence-electron chi connectivity index (χ1n) is 19.8. The van der Waals surface area contributed by atoms with Gasteiger partial charge in [0.1, 0.15) is 11.2 Å². The minimum absolute atomic E-state index is 0.918. The van der Waals surface area contributed by atoms with Crippen molar-refractivity contribution in [1.29, 1.82) is 0 Å². The Labute approximate surface area is 330 Å². The smallest absolute Gasteiger partial charge is 0.135 e. The van der Waals surface area contributed by atoms with Crippen molar-refractivity contribution in [3.05, 3.63) is 199 Å². The Kier molecular flexibility index (Phi) is 7.05. The molecule has 8 aromatic carbocycles. The predicted molar refractivity (Wildman–Crippen MR) is 239 cm³/mol. The van der Waals surface area contributed by atoms with Crippen LogP contribution in [0, 0.1) is 0 Å². The minimum Gasteiger partial charge on any atom is -0.456 e. The lowest BCUT2D eigenvalue weighted by Gasteiger charge is -2.13. The molecule has 3 nitrogen and oxygen atoms in total. The highest BCUT2D eigenvalue weighted by Crippen LogP contribution is 2.40. The number of nitrogens with zero attached hydrogens (tertiary/aromatic N) is 2. The summed E-state index contributed by atoms with van der Waals surface area (Å²) in [6, 6.07) is 66.2. The lowest BCUT2D eigenvalue weighted by atomic mass is 9.97. The van der Waals surface area contributed by atoms with Crippen LogP contribution in [0.1, 0.15) is 17.7 Å². The van der Waals surface area contributed by atoms with Crippen molar-refractivity contribution in [2.24, 2.45) is 0 Å². The van der Waals surface area contributed by atoms with Gasteiger partial charge in [-0.05, 0) is 131 Å². The van der Waals surface area contributed by atoms with E-state index in [0.29, 0.717) is 0 Å². The van der Waals surface area contributed by atoms with Crippen LogP contribution >= 0.6 is 0 Å². The molecular weight excluding hydrogens is 693 g/mol. The van der Waals surface area contributed by atoms with Crippen LogP contribution < -0.4 is 0 Å². The Morgan fingerprint density at radius 3 is 1.68 bits per heavy atom. The van der Waals surface area contributed by atoms with Crippen LogP contribution in [-0.2, 0) is 6.42 Å². The number of benzene rings is 8. The van der Waals surface area contributed by atoms with E-state index in [9.17, 15) is 0 Å². The maximum Gasteiger partial charge on any atom is 0.135 e. The average molecular weight is 729 g/mol. The number of aryl methyl sites for hydroxylation is 1. The third kappa shape index (κ3) is 5.06. The van der Waals surface area contributed by atoms with Gasteiger partial charge in [-0.3, -0.25) is 0 Å². The second-order valence-electron chi connectivity index (χ2n) is 15.2. The average Bonchev–Trinajstić information content (AvgIpc) is 3.94. The van der Waals surface area contributed by atoms with Gasteiger partial charge in [0.15, 0.2) is 0 Å². The molecule has 0 aliphatic heterocycles. The Balaban J connectivity index is 0.929. The predicted octanol–water partition coefficient (Wildman–Crippen LogP) is 14.6. The van der Waals surface area contributed by atoms with Gasteiger partial charge in [0.2, 0.25) is 0 Å². The highest BCUT2D eigenvalue weighted by atomic mass is 16.3. The summed E-state index contributed by atoms with van der Waals surface area (Å²) in [7, 11) is 0. The second kappa shape index (κ2) is 12.6. The van der Waals surface area contributed by atoms with E-state index < -0.39 is 0 Å². The summed E-state index contributed by atoms with van der Waals surface area (Å²) in [6.07, 6.45) is 6.74. The second-order valence-corrected chi connectivity index (χ2v) is 15.2. The quantitative estimate of drug-likeness (QED) is 0.173. The normalized spacial score (nSPS) is 12.7. The largest absolute Gasteiger partial charge is 0.456 e. The van der Waals surface area contributed by atoms with E-state index in [4.69, 9.17) is 4.42 Å². The number of hydrogen-bond donors (Lipinski definition) is 0. The molecule has 57 heavy (non-hydrogen) atoms. The van der Waals surface area contributed by atoms with Crippen LogP contribution in [0.2, 0.25) is 0 Å². The molecule has 0 unspecified atom stereocenters. The zero-order valence-electron chi connectivity index (χ0n) is 31.2. The Morgan fingerprint density at radius 1 is 0.368 bits per heavy atom. The Bertz CT molecular complexity index is 3370. The van der Waals surface area contributed by atoms with Gasteiger partial charge < -0.3 is 13.6 Å². The van der Waals surface area contributed by atoms with Crippen molar-refractivity contribution in [2.75, 3.05) is 0 Å². The topological polar surface area (TPSA) is 23.0 Å². The standard InChI is InChI=1S/C54H36N2O/c1-2-10-35(11-3-1)36-18-25-41(26-19-36)55-49-15-7-4-12-43(49)46-32-39(22-29-51(46)55)40-23-30-52-47(33-40)44-13-5-8-16-50(44)56(52)42-27-20-37(21-28-42)38-24-31-54-48(34-38)45-14-6-9-17-53(45)57-54/h1-3,5-11,13-34H,4,12H2. The molecule has 0 amide bonds. The number of rotatable bonds is 5. The molecule has 0 fully saturated rings. The molecule has 1 aliphatic rings. The summed E-state index contributed by atoms with van der Waals surface area (Å²) in [5.41, 5.74) is 17.8. The lowest BCUT2D eigenvalue weighted by molar-refractivity contribution is 0.669. The third-order valence-electron chi connectivity index (χ3n) is 12.0. The fourth-order valence-electron chi connectivity index (χ4n) is 9.27. The molecule has 3 aromatic heterocycles. The van der Waals surface area contributed by atoms with Crippen LogP contribution in [0.3, 0.4) is 0 Å². The van der Waals surface area contributed by atoms with Crippen molar-refractivity contribution in [1.82, 2.24) is 9.13 Å². The van der Waals surface area contributed by atoms with E-state index in [1.54, 1.807) is 0 Å². The number of aromatic nitrogens is 2. The molecule has 12 rings (SSSR count). The van der Waals surface area contributed by atoms with Crippen LogP contribution in [0.25, 0.3) is 105 Å². The Hall–Kier alpha value is -7.36. The molecule has 3 heterocycles. The van der Waals surface area contributed by atoms with Gasteiger partial charge >= 0.3 is 0 Å². The van der Waals surface area contributed by atoms with Crippen molar-refractivity contribution in [3.63, 3.8) is 0 Å². The molecule has 0 saturated carbocycles. The summed E-state index contributed by atoms with van der Waals surface area (Å²) in [4.78, 5) is 0. The molecule has 0 N–H and O–H groups in total. The molecule has 0 bridgehead atoms. The van der Waals surface area contributed by atoms with E-state index >= 15 is 0 Å². The van der Waals surface area contributed by atoms with Crippen LogP contribution in [0.4, 0.5) is 0 Å². The van der Waals surface area contributed by atoms with E-state index in [2.05, 4.69) is 191 Å². The number of fused-ring (bicyclic) bond motifs is 9. The molecule has 0 atom stereocenters. The summed E-state index contributed by atoms with van der Waals surface area (Å²) in [6.45, 7) is 0. The number of allylic oxidation sites excluding steroid dienone is 1. The summed E-state index contributed by atoms with van der Waals surface area (Å²) >= 11 is 0. The summed E-state index contributed by atoms with van der Waals surface area (Å²) in [5.74, 6) is 0. The molecule has 268 valence electrons. The van der Waals surface area contributed by atoms with Gasteiger partial charge in [-0.1, -0.05) is 115 Å². The highest BCUT2D eigenvalue weighted by molar-refractivity contribution is 6.11. The summed E-state index contributed by atoms with van der Waals surface area (Å²) in [5, 5.41) is 6.14. The minimum atomic E-state index is 0.918. The molecule has 3 heteroatoms. The van der Waals surface area contributed by atoms with Gasteiger partial charge in [0.05, 0.1) is 16.6 Å². The first-order valence-corrected chi connectivity index (χ1v) is 19.8. The molecule has 1 aliphatic carbocycles. The number of para-hydroxylation sites is 2. The van der Waals surface area contributed by atoms with Crippen LogP contribution in [0.15, 0.2) is 192 Å². The van der Waals surface area contributed by atoms with Gasteiger partial charge in [0.25, 0.3) is 0 Å². The van der Waals surface area contributed by atoms with E-state index in [0.717, 1.165) is 40.5 Å². The molecule has 0 spiro atoms. The monoisotopic (exact) mass is 728 g/mol. The van der Waals surface area contributed by atoms with E-state index in [1.165, 1.54) is 83.0 Å². The fraction of sp³-hybridized carbons (Fsp3) is 0.0370. The molecular formula is C54H36N2O. The van der Waals surface area contributed by atoms with Crippen LogP contribution in [0.5, 0.6) is 0 Å². The van der Waals surface area contributed by atoms with Crippen LogP contribution in [-0.4, -0.2) is 9.13 Å². The molecule has 11 aromatic rings.